The number of hydrogen-bond acceptors (Lipinski definition) is 4. The number of carboxylic acid groups (broad SMARTS) is 2. The molecule has 0 aliphatic rings. The van der Waals surface area contributed by atoms with E-state index in [4.69, 9.17) is 10.2 Å². The number of hydrogen-bond donors (Lipinski definition) is 4. The second kappa shape index (κ2) is 8.14. The summed E-state index contributed by atoms with van der Waals surface area (Å²) < 4.78 is 0. The summed E-state index contributed by atoms with van der Waals surface area (Å²) >= 11 is 0. The molecule has 2 heterocycles. The maximum atomic E-state index is 9.55. The average molecular weight is 325 g/mol. The van der Waals surface area contributed by atoms with Crippen LogP contribution in [-0.2, 0) is 9.59 Å². The Bertz CT molecular complexity index is 840. The largest absolute Gasteiger partial charge is 0.478 e. The van der Waals surface area contributed by atoms with Crippen LogP contribution in [0.25, 0.3) is 10.9 Å². The highest BCUT2D eigenvalue weighted by atomic mass is 16.4. The molecule has 0 unspecified atom stereocenters. The molecular weight excluding hydrogens is 310 g/mol. The van der Waals surface area contributed by atoms with Crippen LogP contribution in [0.3, 0.4) is 0 Å². The van der Waals surface area contributed by atoms with Crippen molar-refractivity contribution in [3.05, 3.63) is 67.1 Å². The number of fused-ring (bicyclic) bond motifs is 1. The molecule has 0 spiro atoms. The zero-order chi connectivity index (χ0) is 17.4. The van der Waals surface area contributed by atoms with E-state index in [1.165, 1.54) is 5.39 Å². The maximum Gasteiger partial charge on any atom is 0.328 e. The third-order valence-electron chi connectivity index (χ3n) is 2.92. The van der Waals surface area contributed by atoms with Crippen LogP contribution in [0.4, 0.5) is 11.4 Å². The van der Waals surface area contributed by atoms with Gasteiger partial charge in [-0.05, 0) is 18.2 Å². The minimum absolute atomic E-state index is 0.558. The number of aromatic nitrogens is 2. The Hall–Kier alpha value is -3.61. The van der Waals surface area contributed by atoms with Crippen LogP contribution in [0.15, 0.2) is 67.1 Å². The number of carboxylic acids is 2. The Balaban J connectivity index is 0.000000224. The highest BCUT2D eigenvalue weighted by Gasteiger charge is 2.01. The first-order chi connectivity index (χ1) is 11.6. The van der Waals surface area contributed by atoms with Gasteiger partial charge in [0.25, 0.3) is 0 Å². The summed E-state index contributed by atoms with van der Waals surface area (Å²) in [6.07, 6.45) is 6.64. The molecule has 3 rings (SSSR count). The number of aromatic amines is 1. The number of nitrogens with zero attached hydrogens (tertiary/aromatic N) is 1. The highest BCUT2D eigenvalue weighted by Crippen LogP contribution is 2.25. The van der Waals surface area contributed by atoms with Gasteiger partial charge in [-0.1, -0.05) is 18.2 Å². The molecular formula is C17H15N3O4. The number of para-hydroxylation sites is 1. The van der Waals surface area contributed by atoms with E-state index in [1.807, 2.05) is 30.5 Å². The van der Waals surface area contributed by atoms with Crippen molar-refractivity contribution in [2.24, 2.45) is 0 Å². The van der Waals surface area contributed by atoms with Crippen LogP contribution in [-0.4, -0.2) is 32.1 Å². The molecule has 4 N–H and O–H groups in total. The number of H-pyrrole nitrogens is 1. The Morgan fingerprint density at radius 2 is 1.62 bits per heavy atom. The van der Waals surface area contributed by atoms with E-state index < -0.39 is 11.9 Å². The van der Waals surface area contributed by atoms with Crippen LogP contribution >= 0.6 is 0 Å². The lowest BCUT2D eigenvalue weighted by Crippen LogP contribution is -1.91. The van der Waals surface area contributed by atoms with Crippen molar-refractivity contribution in [1.29, 1.82) is 0 Å². The third kappa shape index (κ3) is 4.99. The molecule has 2 aromatic heterocycles. The molecule has 0 amide bonds. The summed E-state index contributed by atoms with van der Waals surface area (Å²) in [5, 5.41) is 20.2. The van der Waals surface area contributed by atoms with Gasteiger partial charge in [0.1, 0.15) is 0 Å². The summed E-state index contributed by atoms with van der Waals surface area (Å²) in [6.45, 7) is 0. The summed E-state index contributed by atoms with van der Waals surface area (Å²) in [5.41, 5.74) is 3.26. The lowest BCUT2D eigenvalue weighted by molar-refractivity contribution is -0.134. The molecule has 0 saturated carbocycles. The number of benzene rings is 1. The average Bonchev–Trinajstić information content (AvgIpc) is 2.98. The van der Waals surface area contributed by atoms with Gasteiger partial charge in [-0.25, -0.2) is 9.59 Å². The van der Waals surface area contributed by atoms with E-state index in [2.05, 4.69) is 27.4 Å². The van der Waals surface area contributed by atoms with Gasteiger partial charge in [0.05, 0.1) is 5.69 Å². The van der Waals surface area contributed by atoms with Gasteiger partial charge in [0.2, 0.25) is 0 Å². The Labute approximate surface area is 137 Å². The van der Waals surface area contributed by atoms with E-state index in [0.717, 1.165) is 16.9 Å². The van der Waals surface area contributed by atoms with Gasteiger partial charge in [-0.2, -0.15) is 0 Å². The third-order valence-corrected chi connectivity index (χ3v) is 2.92. The Morgan fingerprint density at radius 1 is 1.00 bits per heavy atom. The molecule has 0 radical (unpaired) electrons. The fourth-order valence-electron chi connectivity index (χ4n) is 1.91. The first kappa shape index (κ1) is 16.8. The SMILES string of the molecule is O=C(O)/C=C\C(=O)O.c1ccc2c(Nc3ccncc3)c[nH]c2c1. The van der Waals surface area contributed by atoms with E-state index in [-0.39, 0.29) is 0 Å². The number of anilines is 2. The first-order valence-corrected chi connectivity index (χ1v) is 6.93. The predicted octanol–water partition coefficient (Wildman–Crippen LogP) is 3.02. The summed E-state index contributed by atoms with van der Waals surface area (Å²) in [5.74, 6) is -2.51. The zero-order valence-electron chi connectivity index (χ0n) is 12.5. The van der Waals surface area contributed by atoms with Gasteiger partial charge in [-0.3, -0.25) is 4.98 Å². The summed E-state index contributed by atoms with van der Waals surface area (Å²) in [4.78, 5) is 26.3. The van der Waals surface area contributed by atoms with Gasteiger partial charge in [-0.15, -0.1) is 0 Å². The second-order valence-corrected chi connectivity index (χ2v) is 4.62. The molecule has 0 bridgehead atoms. The predicted molar refractivity (Wildman–Crippen MR) is 90.2 cm³/mol. The fourth-order valence-corrected chi connectivity index (χ4v) is 1.91. The van der Waals surface area contributed by atoms with Crippen molar-refractivity contribution >= 4 is 34.2 Å². The smallest absolute Gasteiger partial charge is 0.328 e. The Kier molecular flexibility index (Phi) is 5.68. The monoisotopic (exact) mass is 325 g/mol. The first-order valence-electron chi connectivity index (χ1n) is 6.93. The number of aliphatic carboxylic acids is 2. The number of pyridine rings is 1. The Morgan fingerprint density at radius 3 is 2.25 bits per heavy atom. The number of carbonyl (C=O) groups is 2. The maximum absolute atomic E-state index is 9.55. The molecule has 0 aliphatic heterocycles. The lowest BCUT2D eigenvalue weighted by atomic mass is 10.2. The van der Waals surface area contributed by atoms with E-state index in [9.17, 15) is 9.59 Å². The van der Waals surface area contributed by atoms with E-state index in [0.29, 0.717) is 12.2 Å². The molecule has 1 aromatic carbocycles. The van der Waals surface area contributed by atoms with Crippen LogP contribution < -0.4 is 5.32 Å². The van der Waals surface area contributed by atoms with Crippen molar-refractivity contribution in [1.82, 2.24) is 9.97 Å². The molecule has 0 fully saturated rings. The molecule has 7 heteroatoms. The van der Waals surface area contributed by atoms with Crippen molar-refractivity contribution in [2.45, 2.75) is 0 Å². The van der Waals surface area contributed by atoms with Crippen LogP contribution in [0.2, 0.25) is 0 Å². The van der Waals surface area contributed by atoms with E-state index >= 15 is 0 Å². The van der Waals surface area contributed by atoms with Crippen LogP contribution in [0, 0.1) is 0 Å². The zero-order valence-corrected chi connectivity index (χ0v) is 12.5. The van der Waals surface area contributed by atoms with Gasteiger partial charge in [0, 0.05) is 47.3 Å². The molecule has 7 nitrogen and oxygen atoms in total. The van der Waals surface area contributed by atoms with Gasteiger partial charge in [0.15, 0.2) is 0 Å². The lowest BCUT2D eigenvalue weighted by Gasteiger charge is -2.03. The van der Waals surface area contributed by atoms with Crippen molar-refractivity contribution < 1.29 is 19.8 Å². The summed E-state index contributed by atoms with van der Waals surface area (Å²) in [7, 11) is 0. The highest BCUT2D eigenvalue weighted by molar-refractivity contribution is 5.94. The molecule has 0 saturated heterocycles. The van der Waals surface area contributed by atoms with Gasteiger partial charge < -0.3 is 20.5 Å². The van der Waals surface area contributed by atoms with Crippen molar-refractivity contribution in [3.63, 3.8) is 0 Å². The van der Waals surface area contributed by atoms with Crippen LogP contribution in [0.1, 0.15) is 0 Å². The standard InChI is InChI=1S/C13H11N3.C4H4O4/c1-2-4-12-11(3-1)13(9-15-12)16-10-5-7-14-8-6-10;5-3(6)1-2-4(7)8/h1-9,15H,(H,14,16);1-2H,(H,5,6)(H,7,8)/b;2-1-. The van der Waals surface area contributed by atoms with Crippen molar-refractivity contribution in [2.75, 3.05) is 5.32 Å². The number of nitrogens with one attached hydrogen (secondary N) is 2. The van der Waals surface area contributed by atoms with E-state index in [1.54, 1.807) is 12.4 Å². The molecule has 24 heavy (non-hydrogen) atoms. The topological polar surface area (TPSA) is 115 Å². The minimum atomic E-state index is -1.26. The molecule has 3 aromatic rings. The fraction of sp³-hybridized carbons (Fsp3) is 0. The summed E-state index contributed by atoms with van der Waals surface area (Å²) in [6, 6.07) is 12.1. The number of rotatable bonds is 4. The molecule has 122 valence electrons. The quantitative estimate of drug-likeness (QED) is 0.548. The van der Waals surface area contributed by atoms with Crippen LogP contribution in [0.5, 0.6) is 0 Å². The van der Waals surface area contributed by atoms with Crippen molar-refractivity contribution in [3.8, 4) is 0 Å². The molecule has 0 aliphatic carbocycles. The second-order valence-electron chi connectivity index (χ2n) is 4.62. The molecule has 0 atom stereocenters. The normalized spacial score (nSPS) is 10.2. The van der Waals surface area contributed by atoms with Gasteiger partial charge >= 0.3 is 11.9 Å². The minimum Gasteiger partial charge on any atom is -0.478 e.